The summed E-state index contributed by atoms with van der Waals surface area (Å²) in [6.45, 7) is 2.42. The van der Waals surface area contributed by atoms with Crippen LogP contribution >= 0.6 is 7.82 Å². The Hall–Kier alpha value is -11.0. The summed E-state index contributed by atoms with van der Waals surface area (Å²) in [5.41, 5.74) is -8.30. The van der Waals surface area contributed by atoms with E-state index in [1.54, 1.807) is 5.32 Å². The number of amides is 5. The number of anilines is 1. The van der Waals surface area contributed by atoms with E-state index in [1.807, 2.05) is 5.32 Å². The Balaban J connectivity index is 1.16. The van der Waals surface area contributed by atoms with Crippen LogP contribution in [0, 0.1) is 41.2 Å². The quantitative estimate of drug-likeness (QED) is 0.00475. The van der Waals surface area contributed by atoms with Gasteiger partial charge in [-0.2, -0.15) is 40.2 Å². The van der Waals surface area contributed by atoms with Crippen molar-refractivity contribution in [3.8, 4) is 28.8 Å². The largest absolute Gasteiger partial charge is 0.524 e. The molecule has 5 heterocycles. The number of fused-ring (bicyclic) bond motifs is 2. The van der Waals surface area contributed by atoms with Crippen LogP contribution in [0.25, 0.3) is 11.3 Å². The molecule has 7 atom stereocenters. The lowest BCUT2D eigenvalue weighted by molar-refractivity contribution is -0.221. The number of carbonyl (C=O) groups is 8. The van der Waals surface area contributed by atoms with E-state index < -0.39 is 194 Å². The van der Waals surface area contributed by atoms with Crippen LogP contribution in [0.1, 0.15) is 122 Å². The molecule has 3 aliphatic heterocycles. The standard InChI is InChI=1S/C76H85F10N12O18P/c1-40-24-47(30-59(99)89-56(67(105)106)27-43-16-18-45(19-17-43)66(103)104)61(57(25-40)116-117(109,110)111)72(2,3)31-60(100)115-58(37-96(94-65(102)63(92-71(108)113-9)74(6,7)76(84,85)86)36-51-52(77)28-46(29-53(51)78)54-22-23-97(93-54)68(79)80)55(90-64(101)62(91-70(107)112-8)73(4,5)75(81,82)83)26-42-13-10-41(11-14-42)12-15-44-32-87-69(88-33-44)95-34-48-20-21-49(35-95)98(48)50-38-114-39-50/h10-11,13-14,16-19,22-25,28-29,32-33,48-50,55-56,58,62-63,68H,20-21,26-27,30-31,34-39H2,1-9H3,(H,89,99)(H,90,101)(H,91,107)(H,92,108)(H,94,102)(H,103,104)(H,105,106)(H2,109,110,111)/t48?,49?,55-,56-,58-,62+,63+/m0/s1. The fourth-order valence-corrected chi connectivity index (χ4v) is 14.3. The van der Waals surface area contributed by atoms with Crippen molar-refractivity contribution in [1.82, 2.24) is 56.4 Å². The van der Waals surface area contributed by atoms with Gasteiger partial charge in [0.25, 0.3) is 5.91 Å². The number of carboxylic acids is 2. The number of phosphoric acid groups is 1. The lowest BCUT2D eigenvalue weighted by atomic mass is 9.77. The highest BCUT2D eigenvalue weighted by molar-refractivity contribution is 7.46. The number of esters is 1. The summed E-state index contributed by atoms with van der Waals surface area (Å²) in [6.07, 6.45) is -13.8. The van der Waals surface area contributed by atoms with Gasteiger partial charge in [-0.1, -0.05) is 56.0 Å². The van der Waals surface area contributed by atoms with Gasteiger partial charge in [-0.3, -0.25) is 39.3 Å². The SMILES string of the molecule is COC(=O)N[C@H](C(=O)N[C@@H](Cc1ccc(C#Cc2cnc(N3CC4CCC(C3)N4C3COC3)nc2)cc1)[C@H](CN(Cc1c(F)cc(-c2ccn(C(F)F)n2)cc1F)NC(=O)[C@@H](NC(=O)OC)C(C)(C)C(F)(F)F)OC(=O)CC(C)(C)c1c(CC(=O)N[C@@H](Cc2ccc(C(=O)O)cc2)C(=O)O)cc(C)cc1OP(=O)(O)O)C(C)(C)C(F)(F)F. The Morgan fingerprint density at radius 2 is 1.26 bits per heavy atom. The Bertz CT molecular complexity index is 4730. The van der Waals surface area contributed by atoms with Gasteiger partial charge in [0, 0.05) is 84.4 Å². The van der Waals surface area contributed by atoms with E-state index in [0.717, 1.165) is 38.3 Å². The molecule has 41 heteroatoms. The molecule has 632 valence electrons. The van der Waals surface area contributed by atoms with Crippen molar-refractivity contribution >= 4 is 61.6 Å². The van der Waals surface area contributed by atoms with Crippen LogP contribution in [-0.4, -0.2) is 205 Å². The van der Waals surface area contributed by atoms with Crippen LogP contribution in [0.4, 0.5) is 59.4 Å². The molecule has 0 spiro atoms. The minimum absolute atomic E-state index is 0.0567. The average molecular weight is 1680 g/mol. The van der Waals surface area contributed by atoms with E-state index in [0.29, 0.717) is 95.8 Å². The summed E-state index contributed by atoms with van der Waals surface area (Å²) in [5.74, 6) is -6.60. The molecule has 117 heavy (non-hydrogen) atoms. The maximum Gasteiger partial charge on any atom is 0.524 e. The maximum atomic E-state index is 16.9. The molecule has 9 rings (SSSR count). The van der Waals surface area contributed by atoms with Gasteiger partial charge >= 0.3 is 56.8 Å². The summed E-state index contributed by atoms with van der Waals surface area (Å²) in [4.78, 5) is 144. The third-order valence-corrected chi connectivity index (χ3v) is 20.8. The van der Waals surface area contributed by atoms with Crippen molar-refractivity contribution in [2.45, 2.75) is 166 Å². The zero-order valence-electron chi connectivity index (χ0n) is 64.3. The number of aryl methyl sites for hydroxylation is 1. The highest BCUT2D eigenvalue weighted by Gasteiger charge is 2.58. The Morgan fingerprint density at radius 1 is 0.709 bits per heavy atom. The molecular weight excluding hydrogens is 1590 g/mol. The normalized spacial score (nSPS) is 16.8. The number of alkyl halides is 8. The van der Waals surface area contributed by atoms with Gasteiger partial charge in [-0.25, -0.2) is 52.2 Å². The maximum absolute atomic E-state index is 16.9. The first-order valence-corrected chi connectivity index (χ1v) is 37.6. The zero-order chi connectivity index (χ0) is 86.2. The molecule has 0 aliphatic carbocycles. The molecule has 9 N–H and O–H groups in total. The predicted octanol–water partition coefficient (Wildman–Crippen LogP) is 8.76. The van der Waals surface area contributed by atoms with E-state index in [2.05, 4.69) is 62.2 Å². The number of piperazine rings is 1. The molecule has 6 aromatic rings. The first-order valence-electron chi connectivity index (χ1n) is 36.1. The second kappa shape index (κ2) is 36.7. The number of nitrogens with one attached hydrogen (secondary N) is 5. The number of hydrazine groups is 1. The van der Waals surface area contributed by atoms with Crippen LogP contribution in [0.2, 0.25) is 0 Å². The Kier molecular flexibility index (Phi) is 28.2. The van der Waals surface area contributed by atoms with Crippen molar-refractivity contribution in [2.24, 2.45) is 10.8 Å². The van der Waals surface area contributed by atoms with Crippen LogP contribution in [0.15, 0.2) is 97.5 Å². The van der Waals surface area contributed by atoms with Crippen molar-refractivity contribution in [3.63, 3.8) is 0 Å². The number of aromatic carboxylic acids is 1. The van der Waals surface area contributed by atoms with Crippen LogP contribution in [0.5, 0.6) is 5.75 Å². The second-order valence-electron chi connectivity index (χ2n) is 30.1. The topological polar surface area (TPSA) is 394 Å². The zero-order valence-corrected chi connectivity index (χ0v) is 65.2. The number of methoxy groups -OCH3 is 2. The number of carboxylic acid groups (broad SMARTS) is 2. The van der Waals surface area contributed by atoms with Crippen molar-refractivity contribution in [3.05, 3.63) is 159 Å². The van der Waals surface area contributed by atoms with Crippen molar-refractivity contribution < 1.29 is 130 Å². The molecule has 3 aliphatic rings. The average Bonchev–Trinajstić information content (AvgIpc) is 1.76. The number of nitrogens with zero attached hydrogens (tertiary/aromatic N) is 7. The van der Waals surface area contributed by atoms with E-state index in [1.165, 1.54) is 87.8 Å². The van der Waals surface area contributed by atoms with E-state index in [9.17, 15) is 62.1 Å². The fraction of sp³-hybridized carbons (Fsp3) is 0.461. The van der Waals surface area contributed by atoms with Gasteiger partial charge in [-0.15, -0.1) is 0 Å². The number of benzene rings is 4. The minimum Gasteiger partial charge on any atom is -0.480 e. The molecule has 2 aromatic heterocycles. The molecule has 5 amide bonds. The third kappa shape index (κ3) is 22.6. The van der Waals surface area contributed by atoms with Gasteiger partial charge in [0.2, 0.25) is 17.8 Å². The molecule has 3 fully saturated rings. The second-order valence-corrected chi connectivity index (χ2v) is 31.2. The molecular formula is C76H85F10N12O18P. The first-order chi connectivity index (χ1) is 54.6. The molecule has 0 saturated carbocycles. The predicted molar refractivity (Wildman–Crippen MR) is 393 cm³/mol. The number of aromatic nitrogens is 4. The van der Waals surface area contributed by atoms with Gasteiger partial charge in [0.05, 0.1) is 86.6 Å². The molecule has 2 bridgehead atoms. The lowest BCUT2D eigenvalue weighted by Gasteiger charge is -2.47. The number of hydrogen-bond acceptors (Lipinski definition) is 20. The molecule has 0 radical (unpaired) electrons. The molecule has 30 nitrogen and oxygen atoms in total. The summed E-state index contributed by atoms with van der Waals surface area (Å²) in [6, 6.07) is 6.53. The van der Waals surface area contributed by atoms with Gasteiger partial charge < -0.3 is 59.9 Å². The first kappa shape index (κ1) is 89.9. The number of phosphoric ester groups is 1. The summed E-state index contributed by atoms with van der Waals surface area (Å²) < 4.78 is 192. The number of hydrogen-bond donors (Lipinski definition) is 9. The minimum atomic E-state index is -5.67. The number of halogens is 10. The molecule has 2 unspecified atom stereocenters. The smallest absolute Gasteiger partial charge is 0.480 e. The van der Waals surface area contributed by atoms with Gasteiger partial charge in [-0.05, 0) is 125 Å². The van der Waals surface area contributed by atoms with E-state index in [-0.39, 0.29) is 55.7 Å². The fourth-order valence-electron chi connectivity index (χ4n) is 13.9. The van der Waals surface area contributed by atoms with Gasteiger partial charge in [0.1, 0.15) is 41.6 Å². The van der Waals surface area contributed by atoms with E-state index >= 15 is 44.7 Å². The van der Waals surface area contributed by atoms with Crippen LogP contribution < -0.4 is 36.1 Å². The van der Waals surface area contributed by atoms with Crippen LogP contribution in [0.3, 0.4) is 0 Å². The summed E-state index contributed by atoms with van der Waals surface area (Å²) >= 11 is 0. The number of carbonyl (C=O) groups excluding carboxylic acids is 6. The number of alkyl carbamates (subject to hydrolysis) is 2. The van der Waals surface area contributed by atoms with Crippen molar-refractivity contribution in [1.29, 1.82) is 0 Å². The number of ether oxygens (including phenoxy) is 4. The highest BCUT2D eigenvalue weighted by atomic mass is 31.2. The monoisotopic (exact) mass is 1670 g/mol. The highest BCUT2D eigenvalue weighted by Crippen LogP contribution is 2.47. The summed E-state index contributed by atoms with van der Waals surface area (Å²) in [7, 11) is -4.22. The molecule has 3 saturated heterocycles. The Morgan fingerprint density at radius 3 is 1.76 bits per heavy atom. The Labute approximate surface area is 662 Å². The summed E-state index contributed by atoms with van der Waals surface area (Å²) in [5, 5.41) is 32.0. The lowest BCUT2D eigenvalue weighted by Crippen LogP contribution is -2.64. The van der Waals surface area contributed by atoms with E-state index in [4.69, 9.17) is 14.0 Å². The number of rotatable bonds is 32. The third-order valence-electron chi connectivity index (χ3n) is 20.3. The van der Waals surface area contributed by atoms with Crippen molar-refractivity contribution in [2.75, 3.05) is 52.0 Å². The number of aliphatic carboxylic acids is 1. The van der Waals surface area contributed by atoms with Crippen LogP contribution in [-0.2, 0) is 78.7 Å². The molecule has 4 aromatic carbocycles. The van der Waals surface area contributed by atoms with Gasteiger partial charge in [0.15, 0.2) is 0 Å².